The van der Waals surface area contributed by atoms with Gasteiger partial charge >= 0.3 is 0 Å². The number of piperidine rings is 1. The molecule has 1 aromatic rings. The van der Waals surface area contributed by atoms with Crippen LogP contribution in [0.3, 0.4) is 0 Å². The van der Waals surface area contributed by atoms with Gasteiger partial charge in [0.15, 0.2) is 0 Å². The number of anilines is 1. The summed E-state index contributed by atoms with van der Waals surface area (Å²) in [7, 11) is 2.15. The molecule has 1 aromatic carbocycles. The maximum Gasteiger partial charge on any atom is 0.227 e. The molecule has 2 aliphatic rings. The molecule has 0 unspecified atom stereocenters. The van der Waals surface area contributed by atoms with Gasteiger partial charge in [0, 0.05) is 30.8 Å². The number of carbonyl (C=O) groups is 1. The molecule has 1 amide bonds. The van der Waals surface area contributed by atoms with Gasteiger partial charge in [0.1, 0.15) is 11.9 Å². The Labute approximate surface area is 145 Å². The number of hydrogen-bond acceptors (Lipinski definition) is 3. The lowest BCUT2D eigenvalue weighted by Gasteiger charge is -2.29. The van der Waals surface area contributed by atoms with Crippen LogP contribution in [-0.4, -0.2) is 37.0 Å². The Morgan fingerprint density at radius 3 is 2.57 bits per heavy atom. The van der Waals surface area contributed by atoms with E-state index in [9.17, 15) is 4.79 Å². The molecule has 2 fully saturated rings. The Balaban J connectivity index is 0.00000192. The van der Waals surface area contributed by atoms with E-state index in [4.69, 9.17) is 4.74 Å². The smallest absolute Gasteiger partial charge is 0.227 e. The van der Waals surface area contributed by atoms with Gasteiger partial charge in [-0.3, -0.25) is 4.79 Å². The molecule has 0 radical (unpaired) electrons. The Kier molecular flexibility index (Phi) is 6.72. The van der Waals surface area contributed by atoms with Gasteiger partial charge in [-0.1, -0.05) is 18.9 Å². The highest BCUT2D eigenvalue weighted by molar-refractivity contribution is 5.92. The Hall–Kier alpha value is -1.26. The van der Waals surface area contributed by atoms with Crippen LogP contribution in [0, 0.1) is 5.92 Å². The molecule has 1 aliphatic heterocycles. The minimum absolute atomic E-state index is 0. The van der Waals surface area contributed by atoms with Gasteiger partial charge in [0.25, 0.3) is 0 Å². The molecule has 1 saturated heterocycles. The van der Waals surface area contributed by atoms with Crippen molar-refractivity contribution >= 4 is 24.0 Å². The lowest BCUT2D eigenvalue weighted by Crippen LogP contribution is -2.35. The minimum Gasteiger partial charge on any atom is -0.490 e. The van der Waals surface area contributed by atoms with Crippen molar-refractivity contribution in [1.29, 1.82) is 0 Å². The lowest BCUT2D eigenvalue weighted by atomic mass is 10.1. The molecule has 5 heteroatoms. The highest BCUT2D eigenvalue weighted by Gasteiger charge is 2.23. The fraction of sp³-hybridized carbons (Fsp3) is 0.611. The van der Waals surface area contributed by atoms with Crippen LogP contribution < -0.4 is 10.1 Å². The summed E-state index contributed by atoms with van der Waals surface area (Å²) in [5, 5.41) is 3.04. The number of nitrogens with zero attached hydrogens (tertiary/aromatic N) is 1. The zero-order valence-corrected chi connectivity index (χ0v) is 14.6. The molecule has 0 bridgehead atoms. The van der Waals surface area contributed by atoms with Crippen LogP contribution in [0.25, 0.3) is 0 Å². The first kappa shape index (κ1) is 18.1. The molecule has 0 aromatic heterocycles. The molecule has 128 valence electrons. The second-order valence-electron chi connectivity index (χ2n) is 6.62. The van der Waals surface area contributed by atoms with Crippen molar-refractivity contribution in [2.75, 3.05) is 25.5 Å². The highest BCUT2D eigenvalue weighted by atomic mass is 35.5. The summed E-state index contributed by atoms with van der Waals surface area (Å²) in [6.07, 6.45) is 6.82. The second-order valence-corrected chi connectivity index (χ2v) is 6.62. The van der Waals surface area contributed by atoms with Crippen molar-refractivity contribution < 1.29 is 9.53 Å². The number of carbonyl (C=O) groups excluding carboxylic acids is 1. The third-order valence-electron chi connectivity index (χ3n) is 4.80. The van der Waals surface area contributed by atoms with Gasteiger partial charge in [0.2, 0.25) is 5.91 Å². The van der Waals surface area contributed by atoms with E-state index < -0.39 is 0 Å². The Bertz CT molecular complexity index is 509. The van der Waals surface area contributed by atoms with E-state index in [-0.39, 0.29) is 30.3 Å². The molecular weight excluding hydrogens is 312 g/mol. The number of likely N-dealkylation sites (tertiary alicyclic amines) is 1. The van der Waals surface area contributed by atoms with E-state index in [0.717, 1.165) is 50.2 Å². The normalized spacial score (nSPS) is 20.0. The fourth-order valence-electron chi connectivity index (χ4n) is 3.37. The van der Waals surface area contributed by atoms with Gasteiger partial charge in [-0.05, 0) is 44.9 Å². The van der Waals surface area contributed by atoms with Gasteiger partial charge in [-0.15, -0.1) is 12.4 Å². The maximum atomic E-state index is 12.2. The SMILES string of the molecule is CN1CCC(Oc2cccc(NC(=O)C3CCCC3)c2)CC1.Cl. The minimum atomic E-state index is 0. The number of hydrogen-bond donors (Lipinski definition) is 1. The second kappa shape index (κ2) is 8.55. The summed E-state index contributed by atoms with van der Waals surface area (Å²) >= 11 is 0. The largest absolute Gasteiger partial charge is 0.490 e. The van der Waals surface area contributed by atoms with Crippen LogP contribution in [0.15, 0.2) is 24.3 Å². The fourth-order valence-corrected chi connectivity index (χ4v) is 3.37. The lowest BCUT2D eigenvalue weighted by molar-refractivity contribution is -0.119. The summed E-state index contributed by atoms with van der Waals surface area (Å²) in [5.74, 6) is 1.21. The van der Waals surface area contributed by atoms with E-state index in [1.54, 1.807) is 0 Å². The van der Waals surface area contributed by atoms with Crippen molar-refractivity contribution in [1.82, 2.24) is 4.90 Å². The van der Waals surface area contributed by atoms with Gasteiger partial charge < -0.3 is 15.0 Å². The van der Waals surface area contributed by atoms with Crippen LogP contribution in [0.4, 0.5) is 5.69 Å². The first-order chi connectivity index (χ1) is 10.7. The maximum absolute atomic E-state index is 12.2. The number of rotatable bonds is 4. The van der Waals surface area contributed by atoms with E-state index in [0.29, 0.717) is 0 Å². The van der Waals surface area contributed by atoms with Crippen molar-refractivity contribution in [3.8, 4) is 5.75 Å². The number of halogens is 1. The third kappa shape index (κ3) is 5.11. The summed E-state index contributed by atoms with van der Waals surface area (Å²) in [4.78, 5) is 14.5. The molecule has 4 nitrogen and oxygen atoms in total. The monoisotopic (exact) mass is 338 g/mol. The number of ether oxygens (including phenoxy) is 1. The topological polar surface area (TPSA) is 41.6 Å². The van der Waals surface area contributed by atoms with E-state index in [2.05, 4.69) is 17.3 Å². The van der Waals surface area contributed by atoms with Crippen molar-refractivity contribution in [3.63, 3.8) is 0 Å². The molecule has 23 heavy (non-hydrogen) atoms. The highest BCUT2D eigenvalue weighted by Crippen LogP contribution is 2.27. The van der Waals surface area contributed by atoms with Crippen LogP contribution in [0.2, 0.25) is 0 Å². The number of benzene rings is 1. The average Bonchev–Trinajstić information content (AvgIpc) is 3.04. The predicted molar refractivity (Wildman–Crippen MR) is 95.4 cm³/mol. The summed E-state index contributed by atoms with van der Waals surface area (Å²) in [6, 6.07) is 7.82. The third-order valence-corrected chi connectivity index (χ3v) is 4.80. The van der Waals surface area contributed by atoms with Crippen molar-refractivity contribution in [2.45, 2.75) is 44.6 Å². The molecule has 1 N–H and O–H groups in total. The molecule has 1 aliphatic carbocycles. The zero-order valence-electron chi connectivity index (χ0n) is 13.8. The first-order valence-corrected chi connectivity index (χ1v) is 8.47. The quantitative estimate of drug-likeness (QED) is 0.910. The molecule has 0 atom stereocenters. The van der Waals surface area contributed by atoms with Crippen molar-refractivity contribution in [3.05, 3.63) is 24.3 Å². The summed E-state index contributed by atoms with van der Waals surface area (Å²) < 4.78 is 6.07. The average molecular weight is 339 g/mol. The molecule has 3 rings (SSSR count). The Morgan fingerprint density at radius 1 is 1.17 bits per heavy atom. The van der Waals surface area contributed by atoms with Crippen LogP contribution in [-0.2, 0) is 4.79 Å². The van der Waals surface area contributed by atoms with Crippen LogP contribution in [0.5, 0.6) is 5.75 Å². The molecule has 1 heterocycles. The molecule has 1 saturated carbocycles. The van der Waals surface area contributed by atoms with E-state index in [1.807, 2.05) is 24.3 Å². The van der Waals surface area contributed by atoms with E-state index in [1.165, 1.54) is 12.8 Å². The number of amides is 1. The Morgan fingerprint density at radius 2 is 1.87 bits per heavy atom. The van der Waals surface area contributed by atoms with Crippen molar-refractivity contribution in [2.24, 2.45) is 5.92 Å². The first-order valence-electron chi connectivity index (χ1n) is 8.47. The van der Waals surface area contributed by atoms with E-state index >= 15 is 0 Å². The van der Waals surface area contributed by atoms with Gasteiger partial charge in [-0.2, -0.15) is 0 Å². The van der Waals surface area contributed by atoms with Gasteiger partial charge in [0.05, 0.1) is 0 Å². The van der Waals surface area contributed by atoms with Crippen LogP contribution >= 0.6 is 12.4 Å². The summed E-state index contributed by atoms with van der Waals surface area (Å²) in [6.45, 7) is 2.17. The predicted octanol–water partition coefficient (Wildman–Crippen LogP) is 3.71. The summed E-state index contributed by atoms with van der Waals surface area (Å²) in [5.41, 5.74) is 0.849. The standard InChI is InChI=1S/C18H26N2O2.ClH/c1-20-11-9-16(10-12-20)22-17-8-4-7-15(13-17)19-18(21)14-5-2-3-6-14;/h4,7-8,13-14,16H,2-3,5-6,9-12H2,1H3,(H,19,21);1H. The molecule has 0 spiro atoms. The molecular formula is C18H27ClN2O2. The number of nitrogens with one attached hydrogen (secondary N) is 1. The van der Waals surface area contributed by atoms with Gasteiger partial charge in [-0.25, -0.2) is 0 Å². The zero-order chi connectivity index (χ0) is 15.4. The van der Waals surface area contributed by atoms with Crippen LogP contribution in [0.1, 0.15) is 38.5 Å².